The highest BCUT2D eigenvalue weighted by atomic mass is 19.4. The Morgan fingerprint density at radius 2 is 1.13 bits per heavy atom. The van der Waals surface area contributed by atoms with Gasteiger partial charge in [-0.15, -0.1) is 0 Å². The number of alkyl halides is 6. The van der Waals surface area contributed by atoms with Gasteiger partial charge < -0.3 is 27.0 Å². The summed E-state index contributed by atoms with van der Waals surface area (Å²) >= 11 is 0. The van der Waals surface area contributed by atoms with Crippen LogP contribution in [0.3, 0.4) is 0 Å². The molecule has 0 aliphatic rings. The van der Waals surface area contributed by atoms with Crippen molar-refractivity contribution in [3.05, 3.63) is 0 Å². The third-order valence-electron chi connectivity index (χ3n) is 1.46. The predicted molar refractivity (Wildman–Crippen MR) is 63.1 cm³/mol. The van der Waals surface area contributed by atoms with Crippen LogP contribution < -0.4 is 16.8 Å². The lowest BCUT2D eigenvalue weighted by Gasteiger charge is -2.11. The predicted octanol–water partition coefficient (Wildman–Crippen LogP) is -0.325. The number of halogens is 6. The smallest absolute Gasteiger partial charge is 0.475 e. The molecule has 7 N–H and O–H groups in total. The second-order valence-electron chi connectivity index (χ2n) is 3.47. The molecule has 8 nitrogen and oxygen atoms in total. The molecule has 0 atom stereocenters. The molecule has 23 heavy (non-hydrogen) atoms. The van der Waals surface area contributed by atoms with E-state index in [9.17, 15) is 31.1 Å². The van der Waals surface area contributed by atoms with Gasteiger partial charge in [-0.25, -0.2) is 9.59 Å². The van der Waals surface area contributed by atoms with Gasteiger partial charge in [-0.3, -0.25) is 4.79 Å². The van der Waals surface area contributed by atoms with E-state index in [0.29, 0.717) is 13.1 Å². The number of amides is 1. The molecule has 0 fully saturated rings. The number of carboxylic acid groups (broad SMARTS) is 2. The Bertz CT molecular complexity index is 357. The fourth-order valence-corrected chi connectivity index (χ4v) is 0.502. The molecule has 0 radical (unpaired) electrons. The van der Waals surface area contributed by atoms with E-state index in [2.05, 4.69) is 5.32 Å². The van der Waals surface area contributed by atoms with Gasteiger partial charge in [0.1, 0.15) is 0 Å². The van der Waals surface area contributed by atoms with Crippen LogP contribution >= 0.6 is 0 Å². The summed E-state index contributed by atoms with van der Waals surface area (Å²) in [5.41, 5.74) is 10.5. The number of rotatable bonds is 3. The summed E-state index contributed by atoms with van der Waals surface area (Å²) in [5, 5.41) is 16.8. The van der Waals surface area contributed by atoms with Crippen LogP contribution in [0.1, 0.15) is 6.92 Å². The largest absolute Gasteiger partial charge is 0.490 e. The number of aliphatic carboxylic acids is 2. The minimum atomic E-state index is -5.08. The van der Waals surface area contributed by atoms with Gasteiger partial charge in [0.2, 0.25) is 5.91 Å². The molecular weight excluding hydrogens is 344 g/mol. The van der Waals surface area contributed by atoms with E-state index >= 15 is 0 Å². The van der Waals surface area contributed by atoms with Crippen molar-refractivity contribution in [1.82, 2.24) is 5.32 Å². The molecule has 0 rings (SSSR count). The zero-order valence-corrected chi connectivity index (χ0v) is 11.5. The van der Waals surface area contributed by atoms with Gasteiger partial charge in [0.05, 0.1) is 6.04 Å². The lowest BCUT2D eigenvalue weighted by molar-refractivity contribution is -0.193. The van der Waals surface area contributed by atoms with Gasteiger partial charge in [-0.05, 0) is 0 Å². The summed E-state index contributed by atoms with van der Waals surface area (Å²) in [6.45, 7) is 2.24. The molecule has 0 spiro atoms. The van der Waals surface area contributed by atoms with Crippen molar-refractivity contribution >= 4 is 17.8 Å². The molecule has 0 aliphatic heterocycles. The first-order valence-electron chi connectivity index (χ1n) is 5.37. The third-order valence-corrected chi connectivity index (χ3v) is 1.46. The van der Waals surface area contributed by atoms with Crippen molar-refractivity contribution in [2.75, 3.05) is 13.1 Å². The highest BCUT2D eigenvalue weighted by molar-refractivity contribution is 5.73. The summed E-state index contributed by atoms with van der Waals surface area (Å²) in [6.07, 6.45) is -10.2. The molecule has 0 aromatic rings. The quantitative estimate of drug-likeness (QED) is 0.432. The second-order valence-corrected chi connectivity index (χ2v) is 3.47. The Morgan fingerprint density at radius 1 is 0.913 bits per heavy atom. The average molecular weight is 359 g/mol. The molecule has 14 heteroatoms. The van der Waals surface area contributed by atoms with E-state index in [1.54, 1.807) is 0 Å². The van der Waals surface area contributed by atoms with Crippen LogP contribution in [0.2, 0.25) is 0 Å². The summed E-state index contributed by atoms with van der Waals surface area (Å²) in [4.78, 5) is 28.1. The van der Waals surface area contributed by atoms with Crippen LogP contribution in [0.5, 0.6) is 0 Å². The van der Waals surface area contributed by atoms with Gasteiger partial charge in [0.15, 0.2) is 0 Å². The summed E-state index contributed by atoms with van der Waals surface area (Å²) in [7, 11) is 0. The van der Waals surface area contributed by atoms with E-state index in [1.165, 1.54) is 6.92 Å². The molecule has 138 valence electrons. The third kappa shape index (κ3) is 19.9. The van der Waals surface area contributed by atoms with E-state index in [4.69, 9.17) is 31.3 Å². The monoisotopic (exact) mass is 359 g/mol. The number of nitrogens with two attached hydrogens (primary N) is 2. The van der Waals surface area contributed by atoms with Crippen LogP contribution in [0.15, 0.2) is 0 Å². The van der Waals surface area contributed by atoms with E-state index in [0.717, 1.165) is 0 Å². The number of nitrogens with one attached hydrogen (secondary N) is 1. The molecule has 0 unspecified atom stereocenters. The number of carbonyl (C=O) groups is 3. The van der Waals surface area contributed by atoms with Crippen LogP contribution in [0.25, 0.3) is 0 Å². The zero-order chi connectivity index (χ0) is 19.4. The Hall–Kier alpha value is -2.09. The van der Waals surface area contributed by atoms with E-state index < -0.39 is 24.3 Å². The number of hydrogen-bond acceptors (Lipinski definition) is 5. The van der Waals surface area contributed by atoms with Crippen molar-refractivity contribution in [2.45, 2.75) is 25.3 Å². The van der Waals surface area contributed by atoms with Crippen LogP contribution in [-0.4, -0.2) is 59.5 Å². The zero-order valence-electron chi connectivity index (χ0n) is 11.5. The maximum Gasteiger partial charge on any atom is 0.490 e. The van der Waals surface area contributed by atoms with E-state index in [1.807, 2.05) is 0 Å². The highest BCUT2D eigenvalue weighted by Crippen LogP contribution is 2.13. The summed E-state index contributed by atoms with van der Waals surface area (Å²) in [5.74, 6) is -5.60. The summed E-state index contributed by atoms with van der Waals surface area (Å²) < 4.78 is 63.5. The van der Waals surface area contributed by atoms with Gasteiger partial charge in [0, 0.05) is 20.0 Å². The maximum absolute atomic E-state index is 10.6. The molecule has 0 bridgehead atoms. The maximum atomic E-state index is 10.6. The van der Waals surface area contributed by atoms with Crippen LogP contribution in [0.4, 0.5) is 26.3 Å². The van der Waals surface area contributed by atoms with Crippen molar-refractivity contribution in [1.29, 1.82) is 0 Å². The molecule has 0 heterocycles. The molecule has 0 saturated carbocycles. The topological polar surface area (TPSA) is 156 Å². The molecule has 0 aromatic heterocycles. The summed E-state index contributed by atoms with van der Waals surface area (Å²) in [6, 6.07) is -0.0671. The Morgan fingerprint density at radius 3 is 1.17 bits per heavy atom. The number of carbonyl (C=O) groups excluding carboxylic acids is 1. The number of carboxylic acids is 2. The molecule has 1 amide bonds. The van der Waals surface area contributed by atoms with Crippen molar-refractivity contribution in [3.63, 3.8) is 0 Å². The first kappa shape index (κ1) is 25.8. The minimum absolute atomic E-state index is 0.0671. The minimum Gasteiger partial charge on any atom is -0.475 e. The van der Waals surface area contributed by atoms with Crippen LogP contribution in [-0.2, 0) is 14.4 Å². The fourth-order valence-electron chi connectivity index (χ4n) is 0.502. The SMILES string of the molecule is CC(=O)NC(CN)CN.O=C(O)C(F)(F)F.O=C(O)C(F)(F)F. The lowest BCUT2D eigenvalue weighted by Crippen LogP contribution is -2.44. The van der Waals surface area contributed by atoms with Crippen molar-refractivity contribution in [3.8, 4) is 0 Å². The van der Waals surface area contributed by atoms with Gasteiger partial charge in [-0.2, -0.15) is 26.3 Å². The Balaban J connectivity index is -0.000000264. The Labute approximate surface area is 125 Å². The second kappa shape index (κ2) is 11.5. The van der Waals surface area contributed by atoms with Gasteiger partial charge >= 0.3 is 24.3 Å². The molecule has 0 aromatic carbocycles. The molecule has 0 aliphatic carbocycles. The van der Waals surface area contributed by atoms with E-state index in [-0.39, 0.29) is 11.9 Å². The highest BCUT2D eigenvalue weighted by Gasteiger charge is 2.38. The number of hydrogen-bond donors (Lipinski definition) is 5. The van der Waals surface area contributed by atoms with Gasteiger partial charge in [0.25, 0.3) is 0 Å². The van der Waals surface area contributed by atoms with Crippen LogP contribution in [0, 0.1) is 0 Å². The standard InChI is InChI=1S/C5H13N3O.2C2HF3O2/c1-4(9)8-5(2-6)3-7;2*3-2(4,5)1(6)7/h5H,2-3,6-7H2,1H3,(H,8,9);2*(H,6,7). The average Bonchev–Trinajstić information content (AvgIpc) is 2.34. The molecule has 0 saturated heterocycles. The fraction of sp³-hybridized carbons (Fsp3) is 0.667. The van der Waals surface area contributed by atoms with Gasteiger partial charge in [-0.1, -0.05) is 0 Å². The first-order chi connectivity index (χ1) is 10.1. The van der Waals surface area contributed by atoms with Crippen molar-refractivity contribution in [2.24, 2.45) is 11.5 Å². The first-order valence-corrected chi connectivity index (χ1v) is 5.37. The Kier molecular flexibility index (Phi) is 12.9. The molecular formula is C9H15F6N3O5. The van der Waals surface area contributed by atoms with Crippen molar-refractivity contribution < 1.29 is 50.9 Å². The normalized spacial score (nSPS) is 10.7. The lowest BCUT2D eigenvalue weighted by atomic mass is 10.3.